The summed E-state index contributed by atoms with van der Waals surface area (Å²) in [5, 5.41) is 5.67. The number of anilines is 1. The Balaban J connectivity index is 1.26. The first kappa shape index (κ1) is 26.7. The number of sulfonamides is 1. The van der Waals surface area contributed by atoms with Crippen LogP contribution in [0.15, 0.2) is 83.8 Å². The maximum Gasteiger partial charge on any atom is 0.257 e. The van der Waals surface area contributed by atoms with Gasteiger partial charge in [0.2, 0.25) is 10.0 Å². The average Bonchev–Trinajstić information content (AvgIpc) is 2.90. The molecule has 1 aliphatic heterocycles. The Labute approximate surface area is 223 Å². The van der Waals surface area contributed by atoms with Crippen LogP contribution in [-0.4, -0.2) is 68.5 Å². The van der Waals surface area contributed by atoms with Gasteiger partial charge < -0.3 is 15.0 Å². The van der Waals surface area contributed by atoms with Crippen LogP contribution in [0.2, 0.25) is 0 Å². The maximum absolute atomic E-state index is 12.9. The Morgan fingerprint density at radius 3 is 2.22 bits per heavy atom. The molecule has 1 aliphatic rings. The van der Waals surface area contributed by atoms with Gasteiger partial charge in [0.25, 0.3) is 5.91 Å². The van der Waals surface area contributed by atoms with Crippen molar-refractivity contribution < 1.29 is 17.9 Å². The zero-order valence-electron chi connectivity index (χ0n) is 20.6. The molecular formula is C27H30N4O4S2. The number of carbonyl (C=O) groups excluding carboxylic acids is 1. The van der Waals surface area contributed by atoms with E-state index in [0.29, 0.717) is 49.8 Å². The van der Waals surface area contributed by atoms with Crippen molar-refractivity contribution in [2.24, 2.45) is 0 Å². The van der Waals surface area contributed by atoms with Crippen molar-refractivity contribution in [1.29, 1.82) is 0 Å². The van der Waals surface area contributed by atoms with Gasteiger partial charge in [-0.05, 0) is 73.4 Å². The molecule has 8 nitrogen and oxygen atoms in total. The lowest BCUT2D eigenvalue weighted by molar-refractivity contribution is 0.0977. The van der Waals surface area contributed by atoms with Gasteiger partial charge in [-0.3, -0.25) is 10.1 Å². The van der Waals surface area contributed by atoms with E-state index in [1.807, 2.05) is 25.2 Å². The van der Waals surface area contributed by atoms with Gasteiger partial charge in [0.15, 0.2) is 5.11 Å². The van der Waals surface area contributed by atoms with Crippen LogP contribution in [0, 0.1) is 0 Å². The van der Waals surface area contributed by atoms with Crippen LogP contribution in [0.3, 0.4) is 0 Å². The molecule has 0 aliphatic carbocycles. The van der Waals surface area contributed by atoms with Crippen LogP contribution < -0.4 is 15.4 Å². The minimum atomic E-state index is -3.54. The fourth-order valence-corrected chi connectivity index (χ4v) is 5.49. The van der Waals surface area contributed by atoms with Crippen LogP contribution in [0.5, 0.6) is 5.75 Å². The highest BCUT2D eigenvalue weighted by Gasteiger charge is 2.27. The number of piperazine rings is 1. The summed E-state index contributed by atoms with van der Waals surface area (Å²) in [6, 6.07) is 23.3. The second-order valence-corrected chi connectivity index (χ2v) is 11.1. The molecule has 1 heterocycles. The molecule has 3 aromatic carbocycles. The van der Waals surface area contributed by atoms with Crippen LogP contribution >= 0.6 is 12.2 Å². The third-order valence-corrected chi connectivity index (χ3v) is 8.18. The van der Waals surface area contributed by atoms with Crippen LogP contribution in [0.25, 0.3) is 0 Å². The number of rotatable bonds is 8. The van der Waals surface area contributed by atoms with Gasteiger partial charge in [0.1, 0.15) is 5.75 Å². The molecule has 0 saturated carbocycles. The highest BCUT2D eigenvalue weighted by atomic mass is 32.2. The highest BCUT2D eigenvalue weighted by Crippen LogP contribution is 2.20. The second-order valence-electron chi connectivity index (χ2n) is 8.75. The van der Waals surface area contributed by atoms with E-state index < -0.39 is 10.0 Å². The molecule has 37 heavy (non-hydrogen) atoms. The summed E-state index contributed by atoms with van der Waals surface area (Å²) in [6.07, 6.45) is 0.797. The lowest BCUT2D eigenvalue weighted by atomic mass is 10.2. The predicted molar refractivity (Wildman–Crippen MR) is 148 cm³/mol. The Morgan fingerprint density at radius 1 is 0.919 bits per heavy atom. The first-order valence-corrected chi connectivity index (χ1v) is 13.8. The van der Waals surface area contributed by atoms with E-state index in [2.05, 4.69) is 27.7 Å². The molecule has 0 atom stereocenters. The van der Waals surface area contributed by atoms with Gasteiger partial charge in [-0.2, -0.15) is 4.31 Å². The standard InChI is InChI=1S/C27H30N4O4S2/c1-30-16-18-31(19-17-30)37(33,34)25-13-9-23(10-14-25)28-27(36)29-26(32)22-7-11-24(12-8-22)35-20-15-21-5-3-2-4-6-21/h2-14H,15-20H2,1H3,(H2,28,29,32,36). The summed E-state index contributed by atoms with van der Waals surface area (Å²) in [7, 11) is -1.57. The molecule has 0 spiro atoms. The predicted octanol–water partition coefficient (Wildman–Crippen LogP) is 3.37. The zero-order valence-corrected chi connectivity index (χ0v) is 22.2. The number of ether oxygens (including phenoxy) is 1. The largest absolute Gasteiger partial charge is 0.493 e. The summed E-state index contributed by atoms with van der Waals surface area (Å²) >= 11 is 5.26. The van der Waals surface area contributed by atoms with E-state index in [4.69, 9.17) is 17.0 Å². The van der Waals surface area contributed by atoms with Gasteiger partial charge in [-0.15, -0.1) is 0 Å². The number of benzene rings is 3. The summed E-state index contributed by atoms with van der Waals surface area (Å²) in [5.74, 6) is 0.322. The molecule has 2 N–H and O–H groups in total. The molecule has 1 fully saturated rings. The normalized spacial score (nSPS) is 14.6. The molecule has 4 rings (SSSR count). The molecule has 0 aromatic heterocycles. The van der Waals surface area contributed by atoms with Gasteiger partial charge in [-0.25, -0.2) is 8.42 Å². The van der Waals surface area contributed by atoms with Crippen LogP contribution in [0.1, 0.15) is 15.9 Å². The average molecular weight is 539 g/mol. The second kappa shape index (κ2) is 12.3. The summed E-state index contributed by atoms with van der Waals surface area (Å²) < 4.78 is 33.0. The molecule has 0 radical (unpaired) electrons. The number of nitrogens with one attached hydrogen (secondary N) is 2. The minimum Gasteiger partial charge on any atom is -0.493 e. The Hall–Kier alpha value is -3.31. The quantitative estimate of drug-likeness (QED) is 0.425. The Bertz CT molecular complexity index is 1310. The number of carbonyl (C=O) groups is 1. The molecule has 10 heteroatoms. The monoisotopic (exact) mass is 538 g/mol. The van der Waals surface area contributed by atoms with E-state index >= 15 is 0 Å². The van der Waals surface area contributed by atoms with Crippen molar-refractivity contribution in [2.75, 3.05) is 45.2 Å². The van der Waals surface area contributed by atoms with Gasteiger partial charge >= 0.3 is 0 Å². The van der Waals surface area contributed by atoms with Crippen LogP contribution in [0.4, 0.5) is 5.69 Å². The van der Waals surface area contributed by atoms with Crippen molar-refractivity contribution in [1.82, 2.24) is 14.5 Å². The van der Waals surface area contributed by atoms with E-state index in [0.717, 1.165) is 6.42 Å². The third-order valence-electron chi connectivity index (χ3n) is 6.06. The van der Waals surface area contributed by atoms with Crippen molar-refractivity contribution in [2.45, 2.75) is 11.3 Å². The van der Waals surface area contributed by atoms with Crippen molar-refractivity contribution in [3.63, 3.8) is 0 Å². The van der Waals surface area contributed by atoms with E-state index in [-0.39, 0.29) is 15.9 Å². The Morgan fingerprint density at radius 2 is 1.57 bits per heavy atom. The lowest BCUT2D eigenvalue weighted by Crippen LogP contribution is -2.46. The molecular weight excluding hydrogens is 508 g/mol. The molecule has 194 valence electrons. The number of nitrogens with zero attached hydrogens (tertiary/aromatic N) is 2. The first-order valence-electron chi connectivity index (χ1n) is 12.0. The van der Waals surface area contributed by atoms with E-state index in [1.165, 1.54) is 22.0 Å². The molecule has 1 saturated heterocycles. The topological polar surface area (TPSA) is 91.0 Å². The number of hydrogen-bond donors (Lipinski definition) is 2. The van der Waals surface area contributed by atoms with Crippen LogP contribution in [-0.2, 0) is 16.4 Å². The fraction of sp³-hybridized carbons (Fsp3) is 0.259. The summed E-state index contributed by atoms with van der Waals surface area (Å²) in [6.45, 7) is 2.89. The maximum atomic E-state index is 12.9. The van der Waals surface area contributed by atoms with Crippen molar-refractivity contribution in [3.05, 3.63) is 90.0 Å². The number of thiocarbonyl (C=S) groups is 1. The number of hydrogen-bond acceptors (Lipinski definition) is 6. The lowest BCUT2D eigenvalue weighted by Gasteiger charge is -2.31. The van der Waals surface area contributed by atoms with E-state index in [9.17, 15) is 13.2 Å². The minimum absolute atomic E-state index is 0.114. The Kier molecular flexibility index (Phi) is 8.88. The number of amides is 1. The summed E-state index contributed by atoms with van der Waals surface area (Å²) in [5.41, 5.74) is 2.21. The van der Waals surface area contributed by atoms with Gasteiger partial charge in [0.05, 0.1) is 11.5 Å². The third kappa shape index (κ3) is 7.36. The van der Waals surface area contributed by atoms with E-state index in [1.54, 1.807) is 36.4 Å². The summed E-state index contributed by atoms with van der Waals surface area (Å²) in [4.78, 5) is 14.9. The number of likely N-dealkylation sites (N-methyl/N-ethyl adjacent to an activating group) is 1. The first-order chi connectivity index (χ1) is 17.8. The van der Waals surface area contributed by atoms with Crippen molar-refractivity contribution >= 4 is 38.9 Å². The molecule has 0 bridgehead atoms. The smallest absolute Gasteiger partial charge is 0.257 e. The van der Waals surface area contributed by atoms with Gasteiger partial charge in [0, 0.05) is 43.9 Å². The van der Waals surface area contributed by atoms with Gasteiger partial charge in [-0.1, -0.05) is 30.3 Å². The highest BCUT2D eigenvalue weighted by molar-refractivity contribution is 7.89. The molecule has 1 amide bonds. The zero-order chi connectivity index (χ0) is 26.3. The molecule has 0 unspecified atom stereocenters. The SMILES string of the molecule is CN1CCN(S(=O)(=O)c2ccc(NC(=S)NC(=O)c3ccc(OCCc4ccccc4)cc3)cc2)CC1. The molecule has 3 aromatic rings. The fourth-order valence-electron chi connectivity index (χ4n) is 3.86. The van der Waals surface area contributed by atoms with Crippen molar-refractivity contribution in [3.8, 4) is 5.75 Å².